The van der Waals surface area contributed by atoms with Crippen molar-refractivity contribution in [3.8, 4) is 0 Å². The number of anilines is 1. The molecule has 5 heteroatoms. The molecular formula is C15H22N4O. The average molecular weight is 274 g/mol. The quantitative estimate of drug-likeness (QED) is 0.652. The summed E-state index contributed by atoms with van der Waals surface area (Å²) in [5.74, 6) is 0.330. The minimum atomic E-state index is -0.440. The number of para-hydroxylation sites is 1. The highest BCUT2D eigenvalue weighted by molar-refractivity contribution is 5.94. The van der Waals surface area contributed by atoms with Crippen LogP contribution in [0.2, 0.25) is 0 Å². The maximum atomic E-state index is 12.2. The summed E-state index contributed by atoms with van der Waals surface area (Å²) in [6.07, 6.45) is 3.37. The zero-order valence-electron chi connectivity index (χ0n) is 11.9. The standard InChI is InChI=1S/C15H22N4O/c1-12(14(20)19-10-6-3-7-11-19)17-15(16)18-13-8-4-2-5-9-13/h2,4-5,8-9,12H,3,6-7,10-11H2,1H3,(H3,16,17,18). The molecule has 0 aliphatic carbocycles. The first-order chi connectivity index (χ1) is 9.66. The summed E-state index contributed by atoms with van der Waals surface area (Å²) < 4.78 is 0. The fourth-order valence-electron chi connectivity index (χ4n) is 2.34. The van der Waals surface area contributed by atoms with Crippen molar-refractivity contribution in [3.63, 3.8) is 0 Å². The molecule has 1 aromatic carbocycles. The molecule has 0 spiro atoms. The van der Waals surface area contributed by atoms with Gasteiger partial charge in [-0.25, -0.2) is 4.99 Å². The fraction of sp³-hybridized carbons (Fsp3) is 0.467. The summed E-state index contributed by atoms with van der Waals surface area (Å²) in [5, 5.41) is 2.99. The van der Waals surface area contributed by atoms with Crippen LogP contribution in [-0.2, 0) is 4.79 Å². The van der Waals surface area contributed by atoms with Crippen molar-refractivity contribution in [3.05, 3.63) is 30.3 Å². The van der Waals surface area contributed by atoms with Gasteiger partial charge in [-0.2, -0.15) is 0 Å². The summed E-state index contributed by atoms with van der Waals surface area (Å²) >= 11 is 0. The molecule has 0 bridgehead atoms. The fourth-order valence-corrected chi connectivity index (χ4v) is 2.34. The summed E-state index contributed by atoms with van der Waals surface area (Å²) in [6.45, 7) is 3.46. The number of carbonyl (C=O) groups is 1. The van der Waals surface area contributed by atoms with Crippen molar-refractivity contribution in [1.29, 1.82) is 0 Å². The van der Waals surface area contributed by atoms with Crippen LogP contribution < -0.4 is 11.1 Å². The molecule has 1 amide bonds. The Kier molecular flexibility index (Phi) is 4.98. The van der Waals surface area contributed by atoms with Gasteiger partial charge in [0.1, 0.15) is 6.04 Å². The molecule has 1 unspecified atom stereocenters. The third-order valence-electron chi connectivity index (χ3n) is 3.40. The van der Waals surface area contributed by atoms with Crippen LogP contribution in [0.4, 0.5) is 5.69 Å². The minimum Gasteiger partial charge on any atom is -0.370 e. The first kappa shape index (κ1) is 14.4. The molecule has 1 aliphatic heterocycles. The van der Waals surface area contributed by atoms with E-state index in [1.165, 1.54) is 6.42 Å². The maximum absolute atomic E-state index is 12.2. The number of nitrogens with two attached hydrogens (primary N) is 1. The first-order valence-corrected chi connectivity index (χ1v) is 7.11. The van der Waals surface area contributed by atoms with Gasteiger partial charge >= 0.3 is 0 Å². The van der Waals surface area contributed by atoms with Gasteiger partial charge in [0.2, 0.25) is 5.91 Å². The van der Waals surface area contributed by atoms with Gasteiger partial charge in [-0.3, -0.25) is 4.79 Å². The molecule has 1 atom stereocenters. The smallest absolute Gasteiger partial charge is 0.247 e. The Labute approximate surface area is 119 Å². The third kappa shape index (κ3) is 3.98. The number of benzene rings is 1. The van der Waals surface area contributed by atoms with Gasteiger partial charge in [0.15, 0.2) is 5.96 Å². The largest absolute Gasteiger partial charge is 0.370 e. The van der Waals surface area contributed by atoms with Gasteiger partial charge in [-0.15, -0.1) is 0 Å². The lowest BCUT2D eigenvalue weighted by molar-refractivity contribution is -0.132. The lowest BCUT2D eigenvalue weighted by atomic mass is 10.1. The molecule has 20 heavy (non-hydrogen) atoms. The monoisotopic (exact) mass is 274 g/mol. The normalized spacial score (nSPS) is 17.6. The van der Waals surface area contributed by atoms with Crippen molar-refractivity contribution in [2.24, 2.45) is 10.7 Å². The Balaban J connectivity index is 1.92. The van der Waals surface area contributed by atoms with Crippen molar-refractivity contribution in [2.75, 3.05) is 18.4 Å². The Morgan fingerprint density at radius 3 is 2.55 bits per heavy atom. The van der Waals surface area contributed by atoms with E-state index in [1.54, 1.807) is 6.92 Å². The summed E-state index contributed by atoms with van der Waals surface area (Å²) in [7, 11) is 0. The van der Waals surface area contributed by atoms with Gasteiger partial charge in [-0.05, 0) is 38.3 Å². The lowest BCUT2D eigenvalue weighted by Crippen LogP contribution is -2.41. The predicted octanol–water partition coefficient (Wildman–Crippen LogP) is 1.81. The molecule has 0 radical (unpaired) electrons. The SMILES string of the molecule is CC(N=C(N)Nc1ccccc1)C(=O)N1CCCCC1. The number of amides is 1. The summed E-state index contributed by atoms with van der Waals surface area (Å²) in [5.41, 5.74) is 6.71. The van der Waals surface area contributed by atoms with Crippen molar-refractivity contribution in [2.45, 2.75) is 32.2 Å². The van der Waals surface area contributed by atoms with E-state index in [2.05, 4.69) is 10.3 Å². The van der Waals surface area contributed by atoms with Crippen LogP contribution in [0, 0.1) is 0 Å². The zero-order chi connectivity index (χ0) is 14.4. The Morgan fingerprint density at radius 1 is 1.25 bits per heavy atom. The molecule has 5 nitrogen and oxygen atoms in total. The van der Waals surface area contributed by atoms with Crippen LogP contribution in [0.3, 0.4) is 0 Å². The van der Waals surface area contributed by atoms with Crippen LogP contribution in [0.15, 0.2) is 35.3 Å². The van der Waals surface area contributed by atoms with Gasteiger partial charge in [-0.1, -0.05) is 18.2 Å². The molecule has 1 heterocycles. The van der Waals surface area contributed by atoms with E-state index in [-0.39, 0.29) is 11.9 Å². The second-order valence-corrected chi connectivity index (χ2v) is 5.07. The number of hydrogen-bond donors (Lipinski definition) is 2. The predicted molar refractivity (Wildman–Crippen MR) is 81.6 cm³/mol. The second kappa shape index (κ2) is 6.93. The number of aliphatic imine (C=N–C) groups is 1. The molecular weight excluding hydrogens is 252 g/mol. The molecule has 1 aromatic rings. The molecule has 2 rings (SSSR count). The lowest BCUT2D eigenvalue weighted by Gasteiger charge is -2.28. The van der Waals surface area contributed by atoms with E-state index in [0.29, 0.717) is 0 Å². The second-order valence-electron chi connectivity index (χ2n) is 5.07. The van der Waals surface area contributed by atoms with Gasteiger partial charge in [0, 0.05) is 18.8 Å². The van der Waals surface area contributed by atoms with E-state index in [9.17, 15) is 4.79 Å². The van der Waals surface area contributed by atoms with Gasteiger partial charge < -0.3 is 16.0 Å². The number of guanidine groups is 1. The van der Waals surface area contributed by atoms with Crippen LogP contribution in [0.5, 0.6) is 0 Å². The van der Waals surface area contributed by atoms with E-state index in [1.807, 2.05) is 35.2 Å². The Bertz CT molecular complexity index is 466. The van der Waals surface area contributed by atoms with Gasteiger partial charge in [0.05, 0.1) is 0 Å². The van der Waals surface area contributed by atoms with E-state index in [4.69, 9.17) is 5.73 Å². The van der Waals surface area contributed by atoms with Crippen LogP contribution >= 0.6 is 0 Å². The minimum absolute atomic E-state index is 0.0579. The molecule has 0 aromatic heterocycles. The maximum Gasteiger partial charge on any atom is 0.247 e. The number of nitrogens with one attached hydrogen (secondary N) is 1. The molecule has 0 saturated carbocycles. The highest BCUT2D eigenvalue weighted by Gasteiger charge is 2.21. The summed E-state index contributed by atoms with van der Waals surface area (Å²) in [6, 6.07) is 9.12. The number of likely N-dealkylation sites (tertiary alicyclic amines) is 1. The highest BCUT2D eigenvalue weighted by atomic mass is 16.2. The average Bonchev–Trinajstić information content (AvgIpc) is 2.48. The van der Waals surface area contributed by atoms with Crippen LogP contribution in [0.25, 0.3) is 0 Å². The van der Waals surface area contributed by atoms with Crippen LogP contribution in [-0.4, -0.2) is 35.9 Å². The van der Waals surface area contributed by atoms with E-state index < -0.39 is 6.04 Å². The number of rotatable bonds is 3. The molecule has 3 N–H and O–H groups in total. The van der Waals surface area contributed by atoms with E-state index >= 15 is 0 Å². The summed E-state index contributed by atoms with van der Waals surface area (Å²) in [4.78, 5) is 18.3. The third-order valence-corrected chi connectivity index (χ3v) is 3.40. The molecule has 1 fully saturated rings. The first-order valence-electron chi connectivity index (χ1n) is 7.11. The zero-order valence-corrected chi connectivity index (χ0v) is 11.9. The van der Waals surface area contributed by atoms with Crippen molar-refractivity contribution < 1.29 is 4.79 Å². The number of hydrogen-bond acceptors (Lipinski definition) is 2. The molecule has 1 saturated heterocycles. The van der Waals surface area contributed by atoms with Crippen molar-refractivity contribution in [1.82, 2.24) is 4.90 Å². The molecule has 108 valence electrons. The Hall–Kier alpha value is -2.04. The molecule has 1 aliphatic rings. The number of nitrogens with zero attached hydrogens (tertiary/aromatic N) is 2. The van der Waals surface area contributed by atoms with Crippen LogP contribution in [0.1, 0.15) is 26.2 Å². The highest BCUT2D eigenvalue weighted by Crippen LogP contribution is 2.11. The Morgan fingerprint density at radius 2 is 1.90 bits per heavy atom. The number of piperidine rings is 1. The number of carbonyl (C=O) groups excluding carboxylic acids is 1. The van der Waals surface area contributed by atoms with Crippen molar-refractivity contribution >= 4 is 17.6 Å². The topological polar surface area (TPSA) is 70.7 Å². The van der Waals surface area contributed by atoms with Gasteiger partial charge in [0.25, 0.3) is 0 Å². The van der Waals surface area contributed by atoms with E-state index in [0.717, 1.165) is 31.6 Å².